The number of ether oxygens (including phenoxy) is 1. The summed E-state index contributed by atoms with van der Waals surface area (Å²) in [5, 5.41) is 0.442. The zero-order valence-electron chi connectivity index (χ0n) is 16.7. The van der Waals surface area contributed by atoms with Crippen molar-refractivity contribution >= 4 is 33.6 Å². The molecule has 0 amide bonds. The summed E-state index contributed by atoms with van der Waals surface area (Å²) in [6.45, 7) is 4.27. The van der Waals surface area contributed by atoms with E-state index < -0.39 is 10.1 Å². The SMILES string of the molecule is CCOc1cc(C=Nc2ccc(CC)cc2)ccc1OS(=O)(=O)c1ccc(Cl)cc1. The average Bonchev–Trinajstić information content (AvgIpc) is 2.74. The third-order valence-electron chi connectivity index (χ3n) is 4.28. The first kappa shape index (κ1) is 21.9. The molecule has 0 aromatic heterocycles. The van der Waals surface area contributed by atoms with Crippen molar-refractivity contribution in [3.8, 4) is 11.5 Å². The van der Waals surface area contributed by atoms with Gasteiger partial charge in [-0.05, 0) is 79.1 Å². The Morgan fingerprint density at radius 1 is 0.933 bits per heavy atom. The fourth-order valence-electron chi connectivity index (χ4n) is 2.68. The second-order valence-electron chi connectivity index (χ2n) is 6.41. The third kappa shape index (κ3) is 5.62. The smallest absolute Gasteiger partial charge is 0.339 e. The lowest BCUT2D eigenvalue weighted by Crippen LogP contribution is -2.11. The Kier molecular flexibility index (Phi) is 7.13. The maximum absolute atomic E-state index is 12.6. The van der Waals surface area contributed by atoms with Crippen molar-refractivity contribution in [1.29, 1.82) is 0 Å². The molecule has 0 spiro atoms. The van der Waals surface area contributed by atoms with Gasteiger partial charge in [0.05, 0.1) is 12.3 Å². The second-order valence-corrected chi connectivity index (χ2v) is 8.39. The van der Waals surface area contributed by atoms with Crippen molar-refractivity contribution in [2.45, 2.75) is 25.2 Å². The van der Waals surface area contributed by atoms with Crippen LogP contribution < -0.4 is 8.92 Å². The number of hydrogen-bond donors (Lipinski definition) is 0. The normalized spacial score (nSPS) is 11.6. The summed E-state index contributed by atoms with van der Waals surface area (Å²) in [6.07, 6.45) is 2.67. The van der Waals surface area contributed by atoms with Gasteiger partial charge in [-0.15, -0.1) is 0 Å². The topological polar surface area (TPSA) is 65.0 Å². The van der Waals surface area contributed by atoms with Crippen LogP contribution in [0.5, 0.6) is 11.5 Å². The van der Waals surface area contributed by atoms with E-state index in [9.17, 15) is 8.42 Å². The summed E-state index contributed by atoms with van der Waals surface area (Å²) >= 11 is 5.83. The van der Waals surface area contributed by atoms with Gasteiger partial charge in [0, 0.05) is 11.2 Å². The molecule has 0 aliphatic heterocycles. The predicted octanol–water partition coefficient (Wildman–Crippen LogP) is 5.82. The van der Waals surface area contributed by atoms with Crippen molar-refractivity contribution in [3.63, 3.8) is 0 Å². The van der Waals surface area contributed by atoms with Gasteiger partial charge in [0.1, 0.15) is 4.90 Å². The number of rotatable bonds is 8. The Labute approximate surface area is 182 Å². The number of nitrogens with zero attached hydrogens (tertiary/aromatic N) is 1. The summed E-state index contributed by atoms with van der Waals surface area (Å²) in [6, 6.07) is 18.7. The van der Waals surface area contributed by atoms with E-state index in [4.69, 9.17) is 20.5 Å². The maximum Gasteiger partial charge on any atom is 0.339 e. The summed E-state index contributed by atoms with van der Waals surface area (Å²) < 4.78 is 36.0. The van der Waals surface area contributed by atoms with E-state index in [2.05, 4.69) is 11.9 Å². The molecule has 0 heterocycles. The quantitative estimate of drug-likeness (QED) is 0.325. The Balaban J connectivity index is 1.83. The summed E-state index contributed by atoms with van der Waals surface area (Å²) in [5.41, 5.74) is 2.83. The first-order valence-corrected chi connectivity index (χ1v) is 11.3. The molecular formula is C23H22ClNO4S. The molecule has 3 rings (SSSR count). The first-order chi connectivity index (χ1) is 14.4. The average molecular weight is 444 g/mol. The number of aliphatic imine (C=N–C) groups is 1. The van der Waals surface area contributed by atoms with Gasteiger partial charge in [-0.3, -0.25) is 4.99 Å². The molecule has 3 aromatic carbocycles. The van der Waals surface area contributed by atoms with Gasteiger partial charge in [0.25, 0.3) is 0 Å². The molecule has 0 atom stereocenters. The van der Waals surface area contributed by atoms with Crippen LogP contribution in [0.4, 0.5) is 5.69 Å². The van der Waals surface area contributed by atoms with Gasteiger partial charge in [0.15, 0.2) is 11.5 Å². The Morgan fingerprint density at radius 3 is 2.27 bits per heavy atom. The van der Waals surface area contributed by atoms with Crippen molar-refractivity contribution in [2.24, 2.45) is 4.99 Å². The summed E-state index contributed by atoms with van der Waals surface area (Å²) in [7, 11) is -4.02. The molecular weight excluding hydrogens is 422 g/mol. The van der Waals surface area contributed by atoms with Gasteiger partial charge in [-0.1, -0.05) is 30.7 Å². The largest absolute Gasteiger partial charge is 0.490 e. The summed E-state index contributed by atoms with van der Waals surface area (Å²) in [4.78, 5) is 4.47. The minimum Gasteiger partial charge on any atom is -0.490 e. The second kappa shape index (κ2) is 9.78. The third-order valence-corrected chi connectivity index (χ3v) is 5.78. The molecule has 0 fully saturated rings. The zero-order valence-corrected chi connectivity index (χ0v) is 18.3. The highest BCUT2D eigenvalue weighted by Crippen LogP contribution is 2.31. The maximum atomic E-state index is 12.6. The van der Waals surface area contributed by atoms with E-state index >= 15 is 0 Å². The lowest BCUT2D eigenvalue weighted by atomic mass is 10.1. The van der Waals surface area contributed by atoms with Crippen LogP contribution in [0.2, 0.25) is 5.02 Å². The van der Waals surface area contributed by atoms with Gasteiger partial charge >= 0.3 is 10.1 Å². The van der Waals surface area contributed by atoms with Crippen LogP contribution in [-0.2, 0) is 16.5 Å². The monoisotopic (exact) mass is 443 g/mol. The summed E-state index contributed by atoms with van der Waals surface area (Å²) in [5.74, 6) is 0.427. The molecule has 5 nitrogen and oxygen atoms in total. The lowest BCUT2D eigenvalue weighted by Gasteiger charge is -2.12. The van der Waals surface area contributed by atoms with Crippen LogP contribution >= 0.6 is 11.6 Å². The van der Waals surface area contributed by atoms with E-state index in [1.165, 1.54) is 29.8 Å². The molecule has 30 heavy (non-hydrogen) atoms. The van der Waals surface area contributed by atoms with E-state index in [1.807, 2.05) is 31.2 Å². The van der Waals surface area contributed by atoms with Gasteiger partial charge in [-0.2, -0.15) is 8.42 Å². The van der Waals surface area contributed by atoms with Crippen molar-refractivity contribution < 1.29 is 17.3 Å². The zero-order chi connectivity index (χ0) is 21.6. The van der Waals surface area contributed by atoms with Gasteiger partial charge in [0.2, 0.25) is 0 Å². The molecule has 0 N–H and O–H groups in total. The number of hydrogen-bond acceptors (Lipinski definition) is 5. The molecule has 156 valence electrons. The predicted molar refractivity (Wildman–Crippen MR) is 120 cm³/mol. The molecule has 0 unspecified atom stereocenters. The Hall–Kier alpha value is -2.83. The highest BCUT2D eigenvalue weighted by molar-refractivity contribution is 7.87. The minimum atomic E-state index is -4.02. The number of aryl methyl sites for hydroxylation is 1. The molecule has 0 saturated carbocycles. The van der Waals surface area contributed by atoms with Crippen molar-refractivity contribution in [3.05, 3.63) is 82.9 Å². The Bertz CT molecular complexity index is 1120. The molecule has 0 radical (unpaired) electrons. The van der Waals surface area contributed by atoms with E-state index in [-0.39, 0.29) is 10.6 Å². The lowest BCUT2D eigenvalue weighted by molar-refractivity contribution is 0.327. The van der Waals surface area contributed by atoms with Crippen LogP contribution in [0.25, 0.3) is 0 Å². The van der Waals surface area contributed by atoms with Crippen LogP contribution in [0.15, 0.2) is 76.6 Å². The number of halogens is 1. The fourth-order valence-corrected chi connectivity index (χ4v) is 3.74. The van der Waals surface area contributed by atoms with Crippen molar-refractivity contribution in [1.82, 2.24) is 0 Å². The molecule has 3 aromatic rings. The van der Waals surface area contributed by atoms with Crippen LogP contribution in [0, 0.1) is 0 Å². The molecule has 0 aliphatic carbocycles. The Morgan fingerprint density at radius 2 is 1.63 bits per heavy atom. The van der Waals surface area contributed by atoms with E-state index in [0.29, 0.717) is 17.4 Å². The first-order valence-electron chi connectivity index (χ1n) is 9.51. The molecule has 7 heteroatoms. The van der Waals surface area contributed by atoms with Crippen LogP contribution in [-0.4, -0.2) is 21.2 Å². The number of benzene rings is 3. The van der Waals surface area contributed by atoms with E-state index in [1.54, 1.807) is 24.4 Å². The van der Waals surface area contributed by atoms with Crippen LogP contribution in [0.3, 0.4) is 0 Å². The minimum absolute atomic E-state index is 0.00973. The van der Waals surface area contributed by atoms with Gasteiger partial charge < -0.3 is 8.92 Å². The standard InChI is InChI=1S/C23H22ClNO4S/c1-3-17-5-10-20(11-6-17)25-16-18-7-14-22(23(15-18)28-4-2)29-30(26,27)21-12-8-19(24)9-13-21/h5-16H,3-4H2,1-2H3. The highest BCUT2D eigenvalue weighted by Gasteiger charge is 2.19. The molecule has 0 bridgehead atoms. The molecule has 0 saturated heterocycles. The van der Waals surface area contributed by atoms with E-state index in [0.717, 1.165) is 17.7 Å². The van der Waals surface area contributed by atoms with Crippen LogP contribution in [0.1, 0.15) is 25.0 Å². The fraction of sp³-hybridized carbons (Fsp3) is 0.174. The van der Waals surface area contributed by atoms with Crippen molar-refractivity contribution in [2.75, 3.05) is 6.61 Å². The van der Waals surface area contributed by atoms with Gasteiger partial charge in [-0.25, -0.2) is 0 Å². The highest BCUT2D eigenvalue weighted by atomic mass is 35.5. The molecule has 0 aliphatic rings.